The third kappa shape index (κ3) is 5.79. The quantitative estimate of drug-likeness (QED) is 0.202. The maximum absolute atomic E-state index is 12.9. The van der Waals surface area contributed by atoms with E-state index in [1.807, 2.05) is 43.3 Å². The van der Waals surface area contributed by atoms with Crippen molar-refractivity contribution in [3.63, 3.8) is 0 Å². The van der Waals surface area contributed by atoms with Crippen LogP contribution in [0, 0.1) is 6.92 Å². The molecule has 0 unspecified atom stereocenters. The molecule has 3 aromatic carbocycles. The van der Waals surface area contributed by atoms with E-state index < -0.39 is 17.7 Å². The molecule has 5 nitrogen and oxygen atoms in total. The second kappa shape index (κ2) is 10.4. The van der Waals surface area contributed by atoms with Gasteiger partial charge in [0, 0.05) is 16.0 Å². The van der Waals surface area contributed by atoms with Crippen LogP contribution in [0.2, 0.25) is 0 Å². The van der Waals surface area contributed by atoms with Gasteiger partial charge in [-0.3, -0.25) is 0 Å². The van der Waals surface area contributed by atoms with Crippen molar-refractivity contribution < 1.29 is 27.4 Å². The Hall–Kier alpha value is -3.46. The predicted molar refractivity (Wildman–Crippen MR) is 129 cm³/mol. The number of alkyl halides is 3. The Bertz CT molecular complexity index is 1330. The molecule has 0 amide bonds. The van der Waals surface area contributed by atoms with E-state index in [1.165, 1.54) is 12.1 Å². The molecule has 9 heteroatoms. The number of benzene rings is 3. The minimum absolute atomic E-state index is 0.133. The summed E-state index contributed by atoms with van der Waals surface area (Å²) in [4.78, 5) is 12.5. The van der Waals surface area contributed by atoms with Crippen LogP contribution in [0.15, 0.2) is 71.8 Å². The molecule has 182 valence electrons. The first-order chi connectivity index (χ1) is 16.8. The van der Waals surface area contributed by atoms with Gasteiger partial charge in [0.25, 0.3) is 0 Å². The van der Waals surface area contributed by atoms with Gasteiger partial charge >= 0.3 is 12.1 Å². The minimum Gasteiger partial charge on any atom is -0.482 e. The van der Waals surface area contributed by atoms with Gasteiger partial charge in [0.15, 0.2) is 6.61 Å². The second-order valence-electron chi connectivity index (χ2n) is 7.76. The molecule has 0 fully saturated rings. The minimum atomic E-state index is -4.38. The lowest BCUT2D eigenvalue weighted by atomic mass is 10.1. The number of fused-ring (bicyclic) bond motifs is 1. The molecule has 1 aromatic heterocycles. The molecule has 0 radical (unpaired) electrons. The number of esters is 1. The van der Waals surface area contributed by atoms with Crippen molar-refractivity contribution >= 4 is 28.6 Å². The largest absolute Gasteiger partial charge is 0.482 e. The van der Waals surface area contributed by atoms with Crippen molar-refractivity contribution in [1.82, 2.24) is 9.78 Å². The Balaban J connectivity index is 1.47. The van der Waals surface area contributed by atoms with Crippen molar-refractivity contribution in [1.29, 1.82) is 0 Å². The topological polar surface area (TPSA) is 53.4 Å². The van der Waals surface area contributed by atoms with Crippen molar-refractivity contribution in [3.8, 4) is 11.4 Å². The zero-order valence-electron chi connectivity index (χ0n) is 19.1. The molecular formula is C26H23F3N2O3S. The Morgan fingerprint density at radius 2 is 1.86 bits per heavy atom. The fourth-order valence-corrected chi connectivity index (χ4v) is 4.61. The van der Waals surface area contributed by atoms with Gasteiger partial charge in [0.05, 0.1) is 29.6 Å². The highest BCUT2D eigenvalue weighted by Crippen LogP contribution is 2.32. The van der Waals surface area contributed by atoms with Gasteiger partial charge in [0.2, 0.25) is 0 Å². The van der Waals surface area contributed by atoms with E-state index in [4.69, 9.17) is 9.47 Å². The number of thioether (sulfide) groups is 1. The van der Waals surface area contributed by atoms with Crippen LogP contribution in [0.4, 0.5) is 13.2 Å². The van der Waals surface area contributed by atoms with Crippen molar-refractivity contribution in [2.45, 2.75) is 30.7 Å². The number of halogens is 3. The van der Waals surface area contributed by atoms with Crippen LogP contribution in [0.25, 0.3) is 16.6 Å². The van der Waals surface area contributed by atoms with E-state index in [2.05, 4.69) is 5.10 Å². The van der Waals surface area contributed by atoms with E-state index in [0.29, 0.717) is 23.8 Å². The highest BCUT2D eigenvalue weighted by Gasteiger charge is 2.30. The molecule has 0 saturated carbocycles. The Morgan fingerprint density at radius 1 is 1.09 bits per heavy atom. The third-order valence-electron chi connectivity index (χ3n) is 5.33. The van der Waals surface area contributed by atoms with Crippen LogP contribution in [0.5, 0.6) is 5.75 Å². The number of hydrogen-bond donors (Lipinski definition) is 0. The highest BCUT2D eigenvalue weighted by molar-refractivity contribution is 7.98. The molecule has 4 aromatic rings. The second-order valence-corrected chi connectivity index (χ2v) is 8.81. The van der Waals surface area contributed by atoms with E-state index in [0.717, 1.165) is 39.1 Å². The lowest BCUT2D eigenvalue weighted by molar-refractivity contribution is -0.145. The summed E-state index contributed by atoms with van der Waals surface area (Å²) in [5.41, 5.74) is 2.66. The van der Waals surface area contributed by atoms with Crippen LogP contribution < -0.4 is 4.74 Å². The highest BCUT2D eigenvalue weighted by atomic mass is 32.2. The van der Waals surface area contributed by atoms with Crippen LogP contribution >= 0.6 is 11.8 Å². The number of aryl methyl sites for hydroxylation is 1. The number of aromatic nitrogens is 2. The summed E-state index contributed by atoms with van der Waals surface area (Å²) >= 11 is 1.64. The average molecular weight is 501 g/mol. The third-order valence-corrected chi connectivity index (χ3v) is 6.38. The summed E-state index contributed by atoms with van der Waals surface area (Å²) < 4.78 is 50.7. The molecule has 1 heterocycles. The predicted octanol–water partition coefficient (Wildman–Crippen LogP) is 6.59. The Kier molecular flexibility index (Phi) is 7.35. The molecular weight excluding hydrogens is 477 g/mol. The van der Waals surface area contributed by atoms with E-state index in [1.54, 1.807) is 29.6 Å². The number of nitrogens with zero attached hydrogens (tertiary/aromatic N) is 2. The van der Waals surface area contributed by atoms with Gasteiger partial charge in [-0.2, -0.15) is 18.3 Å². The fraction of sp³-hybridized carbons (Fsp3) is 0.231. The van der Waals surface area contributed by atoms with Crippen molar-refractivity contribution in [2.24, 2.45) is 0 Å². The van der Waals surface area contributed by atoms with Gasteiger partial charge in [-0.25, -0.2) is 9.48 Å². The first kappa shape index (κ1) is 24.7. The lowest BCUT2D eigenvalue weighted by Crippen LogP contribution is -2.14. The van der Waals surface area contributed by atoms with Gasteiger partial charge in [-0.1, -0.05) is 12.1 Å². The van der Waals surface area contributed by atoms with Crippen molar-refractivity contribution in [3.05, 3.63) is 83.6 Å². The van der Waals surface area contributed by atoms with Crippen LogP contribution in [0.3, 0.4) is 0 Å². The molecule has 0 bridgehead atoms. The molecule has 0 atom stereocenters. The Labute approximate surface area is 204 Å². The molecule has 0 aliphatic heterocycles. The maximum Gasteiger partial charge on any atom is 0.416 e. The number of carbonyl (C=O) groups excluding carboxylic acids is 1. The summed E-state index contributed by atoms with van der Waals surface area (Å²) in [6.45, 7) is 3.84. The van der Waals surface area contributed by atoms with Crippen LogP contribution in [0.1, 0.15) is 23.6 Å². The van der Waals surface area contributed by atoms with Gasteiger partial charge in [-0.05, 0) is 73.5 Å². The van der Waals surface area contributed by atoms with Crippen LogP contribution in [-0.4, -0.2) is 29.0 Å². The Morgan fingerprint density at radius 3 is 2.54 bits per heavy atom. The molecule has 0 aliphatic rings. The van der Waals surface area contributed by atoms with E-state index in [-0.39, 0.29) is 6.61 Å². The van der Waals surface area contributed by atoms with Crippen molar-refractivity contribution in [2.75, 3.05) is 13.2 Å². The normalized spacial score (nSPS) is 11.6. The first-order valence-corrected chi connectivity index (χ1v) is 11.9. The maximum atomic E-state index is 12.9. The molecule has 0 N–H and O–H groups in total. The standard InChI is InChI=1S/C26H23F3N2O3S/c1-3-33-25(32)15-34-24-12-11-21(13-17(24)2)35-16-18-5-4-6-23-22(18)14-30-31(23)20-9-7-19(8-10-20)26(27,28)29/h4-14H,3,15-16H2,1-2H3. The number of ether oxygens (including phenoxy) is 2. The molecule has 0 saturated heterocycles. The van der Waals surface area contributed by atoms with E-state index in [9.17, 15) is 18.0 Å². The monoisotopic (exact) mass is 500 g/mol. The molecule has 0 spiro atoms. The summed E-state index contributed by atoms with van der Waals surface area (Å²) in [5.74, 6) is 0.899. The van der Waals surface area contributed by atoms with Crippen LogP contribution in [-0.2, 0) is 21.5 Å². The van der Waals surface area contributed by atoms with Gasteiger partial charge < -0.3 is 9.47 Å². The molecule has 0 aliphatic carbocycles. The van der Waals surface area contributed by atoms with Gasteiger partial charge in [-0.15, -0.1) is 11.8 Å². The number of carbonyl (C=O) groups is 1. The summed E-state index contributed by atoms with van der Waals surface area (Å²) in [6, 6.07) is 16.6. The zero-order chi connectivity index (χ0) is 25.0. The first-order valence-electron chi connectivity index (χ1n) is 10.9. The summed E-state index contributed by atoms with van der Waals surface area (Å²) in [7, 11) is 0. The number of hydrogen-bond acceptors (Lipinski definition) is 5. The smallest absolute Gasteiger partial charge is 0.416 e. The summed E-state index contributed by atoms with van der Waals surface area (Å²) in [6.07, 6.45) is -2.64. The number of rotatable bonds is 8. The zero-order valence-corrected chi connectivity index (χ0v) is 19.9. The average Bonchev–Trinajstić information content (AvgIpc) is 3.27. The molecule has 4 rings (SSSR count). The fourth-order valence-electron chi connectivity index (χ4n) is 3.61. The van der Waals surface area contributed by atoms with Gasteiger partial charge in [0.1, 0.15) is 5.75 Å². The summed E-state index contributed by atoms with van der Waals surface area (Å²) in [5, 5.41) is 5.35. The van der Waals surface area contributed by atoms with E-state index >= 15 is 0 Å². The SMILES string of the molecule is CCOC(=O)COc1ccc(SCc2cccc3c2cnn3-c2ccc(C(F)(F)F)cc2)cc1C. The molecule has 35 heavy (non-hydrogen) atoms. The lowest BCUT2D eigenvalue weighted by Gasteiger charge is -2.11.